The lowest BCUT2D eigenvalue weighted by Crippen LogP contribution is -2.29. The molecule has 1 aromatic carbocycles. The number of benzene rings is 1. The van der Waals surface area contributed by atoms with Crippen LogP contribution in [0.2, 0.25) is 0 Å². The summed E-state index contributed by atoms with van der Waals surface area (Å²) in [5, 5.41) is 4.80. The van der Waals surface area contributed by atoms with Crippen molar-refractivity contribution in [2.75, 3.05) is 19.0 Å². The average molecular weight is 419 g/mol. The van der Waals surface area contributed by atoms with E-state index >= 15 is 0 Å². The van der Waals surface area contributed by atoms with Crippen LogP contribution in [0.4, 0.5) is 5.69 Å². The topological polar surface area (TPSA) is 58.6 Å². The number of amides is 2. The zero-order valence-electron chi connectivity index (χ0n) is 14.6. The van der Waals surface area contributed by atoms with E-state index in [0.29, 0.717) is 40.0 Å². The van der Waals surface area contributed by atoms with Crippen LogP contribution in [0.3, 0.4) is 0 Å². The number of nitrogens with one attached hydrogen (secondary N) is 1. The number of carbonyl (C=O) groups is 2. The first-order valence-corrected chi connectivity index (χ1v) is 10.4. The molecule has 1 saturated heterocycles. The second kappa shape index (κ2) is 9.16. The number of thioether (sulfide) groups is 1. The van der Waals surface area contributed by atoms with Crippen LogP contribution >= 0.6 is 35.3 Å². The number of methoxy groups -OCH3 is 1. The first-order chi connectivity index (χ1) is 13.1. The highest BCUT2D eigenvalue weighted by molar-refractivity contribution is 8.26. The molecule has 1 aliphatic heterocycles. The Bertz CT molecular complexity index is 878. The summed E-state index contributed by atoms with van der Waals surface area (Å²) in [5.74, 6) is 0.484. The van der Waals surface area contributed by atoms with Gasteiger partial charge in [0.05, 0.1) is 12.0 Å². The van der Waals surface area contributed by atoms with Crippen molar-refractivity contribution in [1.29, 1.82) is 0 Å². The maximum Gasteiger partial charge on any atom is 0.266 e. The molecule has 0 spiro atoms. The molecular weight excluding hydrogens is 400 g/mol. The number of anilines is 1. The molecule has 0 aliphatic carbocycles. The van der Waals surface area contributed by atoms with Gasteiger partial charge in [-0.3, -0.25) is 14.5 Å². The Morgan fingerprint density at radius 3 is 2.93 bits per heavy atom. The molecule has 1 aromatic heterocycles. The van der Waals surface area contributed by atoms with Crippen molar-refractivity contribution in [2.24, 2.45) is 0 Å². The molecule has 1 fully saturated rings. The van der Waals surface area contributed by atoms with Crippen molar-refractivity contribution in [1.82, 2.24) is 4.90 Å². The minimum Gasteiger partial charge on any atom is -0.497 e. The highest BCUT2D eigenvalue weighted by atomic mass is 32.2. The summed E-state index contributed by atoms with van der Waals surface area (Å²) in [4.78, 5) is 27.9. The van der Waals surface area contributed by atoms with Crippen LogP contribution in [0, 0.1) is 0 Å². The first-order valence-electron chi connectivity index (χ1n) is 8.29. The third-order valence-corrected chi connectivity index (χ3v) is 6.03. The molecule has 2 heterocycles. The summed E-state index contributed by atoms with van der Waals surface area (Å²) in [6.07, 6.45) is 2.70. The minimum absolute atomic E-state index is 0.0911. The molecule has 2 aromatic rings. The Labute approximate surface area is 171 Å². The van der Waals surface area contributed by atoms with Crippen LogP contribution in [-0.2, 0) is 9.59 Å². The van der Waals surface area contributed by atoms with E-state index in [1.165, 1.54) is 11.8 Å². The van der Waals surface area contributed by atoms with Gasteiger partial charge in [0.25, 0.3) is 5.91 Å². The van der Waals surface area contributed by atoms with E-state index in [-0.39, 0.29) is 11.8 Å². The van der Waals surface area contributed by atoms with Gasteiger partial charge < -0.3 is 10.1 Å². The zero-order chi connectivity index (χ0) is 19.2. The summed E-state index contributed by atoms with van der Waals surface area (Å²) < 4.78 is 5.68. The fourth-order valence-corrected chi connectivity index (χ4v) is 4.55. The van der Waals surface area contributed by atoms with Gasteiger partial charge in [0.1, 0.15) is 10.1 Å². The summed E-state index contributed by atoms with van der Waals surface area (Å²) in [6.45, 7) is 0.429. The van der Waals surface area contributed by atoms with Crippen LogP contribution < -0.4 is 10.1 Å². The number of hydrogen-bond acceptors (Lipinski definition) is 6. The lowest BCUT2D eigenvalue weighted by atomic mass is 10.2. The standard InChI is InChI=1S/C19H18N2O3S3/c1-24-14-6-2-5-13(11-14)20-17(22)8-3-9-21-18(23)16(27-19(21)25)12-15-7-4-10-26-15/h2,4-7,10-12H,3,8-9H2,1H3,(H,20,22). The van der Waals surface area contributed by atoms with Crippen molar-refractivity contribution < 1.29 is 14.3 Å². The Balaban J connectivity index is 1.50. The molecular formula is C19H18N2O3S3. The molecule has 27 heavy (non-hydrogen) atoms. The molecule has 1 aliphatic rings. The van der Waals surface area contributed by atoms with E-state index in [9.17, 15) is 9.59 Å². The fraction of sp³-hybridized carbons (Fsp3) is 0.211. The highest BCUT2D eigenvalue weighted by Crippen LogP contribution is 2.33. The Kier molecular flexibility index (Phi) is 6.65. The molecule has 140 valence electrons. The third kappa shape index (κ3) is 5.18. The van der Waals surface area contributed by atoms with Crippen LogP contribution in [-0.4, -0.2) is 34.7 Å². The molecule has 0 radical (unpaired) electrons. The molecule has 3 rings (SSSR count). The van der Waals surface area contributed by atoms with Crippen LogP contribution in [0.5, 0.6) is 5.75 Å². The molecule has 2 amide bonds. The van der Waals surface area contributed by atoms with Crippen molar-refractivity contribution >= 4 is 63.2 Å². The number of hydrogen-bond donors (Lipinski definition) is 1. The van der Waals surface area contributed by atoms with Gasteiger partial charge in [-0.1, -0.05) is 36.1 Å². The molecule has 0 atom stereocenters. The highest BCUT2D eigenvalue weighted by Gasteiger charge is 2.31. The second-order valence-corrected chi connectivity index (χ2v) is 8.39. The van der Waals surface area contributed by atoms with Gasteiger partial charge in [-0.25, -0.2) is 0 Å². The van der Waals surface area contributed by atoms with Crippen molar-refractivity contribution in [3.63, 3.8) is 0 Å². The number of rotatable bonds is 7. The van der Waals surface area contributed by atoms with E-state index in [1.54, 1.807) is 35.5 Å². The summed E-state index contributed by atoms with van der Waals surface area (Å²) in [5.41, 5.74) is 0.684. The molecule has 0 saturated carbocycles. The fourth-order valence-electron chi connectivity index (χ4n) is 2.52. The van der Waals surface area contributed by atoms with Gasteiger partial charge in [0.15, 0.2) is 0 Å². The Hall–Kier alpha value is -2.16. The van der Waals surface area contributed by atoms with E-state index in [2.05, 4.69) is 5.32 Å². The van der Waals surface area contributed by atoms with Gasteiger partial charge in [0.2, 0.25) is 5.91 Å². The Morgan fingerprint density at radius 1 is 1.33 bits per heavy atom. The molecule has 0 bridgehead atoms. The monoisotopic (exact) mass is 418 g/mol. The first kappa shape index (κ1) is 19.6. The van der Waals surface area contributed by atoms with Crippen LogP contribution in [0.1, 0.15) is 17.7 Å². The third-order valence-electron chi connectivity index (χ3n) is 3.83. The summed E-state index contributed by atoms with van der Waals surface area (Å²) >= 11 is 8.20. The summed E-state index contributed by atoms with van der Waals surface area (Å²) in [7, 11) is 1.58. The van der Waals surface area contributed by atoms with Gasteiger partial charge in [0, 0.05) is 29.6 Å². The number of ether oxygens (including phenoxy) is 1. The van der Waals surface area contributed by atoms with Crippen LogP contribution in [0.25, 0.3) is 6.08 Å². The SMILES string of the molecule is COc1cccc(NC(=O)CCCN2C(=O)C(=Cc3cccs3)SC2=S)c1. The predicted molar refractivity (Wildman–Crippen MR) is 115 cm³/mol. The molecule has 0 unspecified atom stereocenters. The smallest absolute Gasteiger partial charge is 0.266 e. The lowest BCUT2D eigenvalue weighted by Gasteiger charge is -2.14. The average Bonchev–Trinajstić information content (AvgIpc) is 3.25. The van der Waals surface area contributed by atoms with E-state index < -0.39 is 0 Å². The number of nitrogens with zero attached hydrogens (tertiary/aromatic N) is 1. The normalized spacial score (nSPS) is 15.4. The molecule has 8 heteroatoms. The number of thiocarbonyl (C=S) groups is 1. The molecule has 5 nitrogen and oxygen atoms in total. The lowest BCUT2D eigenvalue weighted by molar-refractivity contribution is -0.122. The van der Waals surface area contributed by atoms with Crippen molar-refractivity contribution in [3.05, 3.63) is 51.6 Å². The van der Waals surface area contributed by atoms with Crippen molar-refractivity contribution in [2.45, 2.75) is 12.8 Å². The zero-order valence-corrected chi connectivity index (χ0v) is 17.1. The Morgan fingerprint density at radius 2 is 2.19 bits per heavy atom. The van der Waals surface area contributed by atoms with Gasteiger partial charge >= 0.3 is 0 Å². The number of thiophene rings is 1. The maximum atomic E-state index is 12.5. The van der Waals surface area contributed by atoms with Gasteiger partial charge in [-0.15, -0.1) is 11.3 Å². The van der Waals surface area contributed by atoms with E-state index in [1.807, 2.05) is 35.7 Å². The number of carbonyl (C=O) groups excluding carboxylic acids is 2. The second-order valence-electron chi connectivity index (χ2n) is 5.73. The maximum absolute atomic E-state index is 12.5. The largest absolute Gasteiger partial charge is 0.497 e. The minimum atomic E-state index is -0.108. The van der Waals surface area contributed by atoms with E-state index in [0.717, 1.165) is 4.88 Å². The predicted octanol–water partition coefficient (Wildman–Crippen LogP) is 4.38. The van der Waals surface area contributed by atoms with Crippen LogP contribution in [0.15, 0.2) is 46.7 Å². The van der Waals surface area contributed by atoms with Crippen molar-refractivity contribution in [3.8, 4) is 5.75 Å². The van der Waals surface area contributed by atoms with Gasteiger partial charge in [-0.2, -0.15) is 0 Å². The van der Waals surface area contributed by atoms with Gasteiger partial charge in [-0.05, 0) is 36.1 Å². The summed E-state index contributed by atoms with van der Waals surface area (Å²) in [6, 6.07) is 11.1. The quantitative estimate of drug-likeness (QED) is 0.534. The molecule has 1 N–H and O–H groups in total. The van der Waals surface area contributed by atoms with E-state index in [4.69, 9.17) is 17.0 Å².